The molecule has 0 aromatic carbocycles. The van der Waals surface area contributed by atoms with E-state index in [0.717, 1.165) is 17.1 Å². The average molecular weight is 189 g/mol. The van der Waals surface area contributed by atoms with E-state index >= 15 is 0 Å². The summed E-state index contributed by atoms with van der Waals surface area (Å²) in [5.41, 5.74) is 2.39. The number of aryl methyl sites for hydroxylation is 1. The molecule has 0 amide bonds. The van der Waals surface area contributed by atoms with Gasteiger partial charge in [0.15, 0.2) is 0 Å². The molecule has 0 atom stereocenters. The molecule has 2 aromatic heterocycles. The topological polar surface area (TPSA) is 50.7 Å². The van der Waals surface area contributed by atoms with E-state index in [-0.39, 0.29) is 5.69 Å². The zero-order valence-electron chi connectivity index (χ0n) is 8.11. The highest BCUT2D eigenvalue weighted by Gasteiger charge is 2.09. The maximum Gasteiger partial charge on any atom is 0.325 e. The quantitative estimate of drug-likeness (QED) is 0.729. The van der Waals surface area contributed by atoms with Gasteiger partial charge in [0.05, 0.1) is 11.4 Å². The molecule has 2 aromatic rings. The molecule has 0 aliphatic rings. The summed E-state index contributed by atoms with van der Waals surface area (Å²) in [6.07, 6.45) is 1.71. The van der Waals surface area contributed by atoms with Gasteiger partial charge in [-0.25, -0.2) is 4.79 Å². The van der Waals surface area contributed by atoms with Crippen LogP contribution in [0.2, 0.25) is 0 Å². The normalized spacial score (nSPS) is 10.4. The van der Waals surface area contributed by atoms with Crippen LogP contribution in [0.4, 0.5) is 0 Å². The van der Waals surface area contributed by atoms with Crippen molar-refractivity contribution in [3.63, 3.8) is 0 Å². The number of hydrogen-bond acceptors (Lipinski definition) is 2. The maximum atomic E-state index is 11.3. The largest absolute Gasteiger partial charge is 0.325 e. The lowest BCUT2D eigenvalue weighted by Crippen LogP contribution is -2.13. The van der Waals surface area contributed by atoms with Crippen LogP contribution in [0.5, 0.6) is 0 Å². The number of rotatable bonds is 1. The monoisotopic (exact) mass is 189 g/mol. The fraction of sp³-hybridized carbons (Fsp3) is 0.200. The molecule has 1 N–H and O–H groups in total. The highest BCUT2D eigenvalue weighted by atomic mass is 16.1. The van der Waals surface area contributed by atoms with E-state index in [0.29, 0.717) is 0 Å². The molecule has 0 fully saturated rings. The van der Waals surface area contributed by atoms with Crippen LogP contribution < -0.4 is 5.69 Å². The fourth-order valence-electron chi connectivity index (χ4n) is 1.52. The Morgan fingerprint density at radius 1 is 1.43 bits per heavy atom. The predicted octanol–water partition coefficient (Wildman–Crippen LogP) is 1.08. The highest BCUT2D eigenvalue weighted by Crippen LogP contribution is 2.16. The van der Waals surface area contributed by atoms with Gasteiger partial charge in [0.1, 0.15) is 0 Å². The third-order valence-corrected chi connectivity index (χ3v) is 2.20. The molecule has 2 rings (SSSR count). The van der Waals surface area contributed by atoms with Crippen LogP contribution in [0.1, 0.15) is 5.69 Å². The zero-order chi connectivity index (χ0) is 10.1. The van der Waals surface area contributed by atoms with Crippen molar-refractivity contribution in [1.82, 2.24) is 14.5 Å². The van der Waals surface area contributed by atoms with E-state index in [9.17, 15) is 4.79 Å². The summed E-state index contributed by atoms with van der Waals surface area (Å²) >= 11 is 0. The minimum atomic E-state index is -0.108. The number of nitrogens with zero attached hydrogens (tertiary/aromatic N) is 2. The molecule has 0 bridgehead atoms. The number of hydrogen-bond donors (Lipinski definition) is 1. The second-order valence-corrected chi connectivity index (χ2v) is 3.18. The van der Waals surface area contributed by atoms with E-state index in [1.165, 1.54) is 0 Å². The minimum Gasteiger partial charge on any atom is -0.309 e. The van der Waals surface area contributed by atoms with E-state index in [2.05, 4.69) is 9.97 Å². The van der Waals surface area contributed by atoms with Crippen molar-refractivity contribution in [2.45, 2.75) is 6.92 Å². The molecular weight excluding hydrogens is 178 g/mol. The molecule has 14 heavy (non-hydrogen) atoms. The van der Waals surface area contributed by atoms with Crippen LogP contribution in [0, 0.1) is 6.92 Å². The Kier molecular flexibility index (Phi) is 1.96. The third-order valence-electron chi connectivity index (χ3n) is 2.20. The van der Waals surface area contributed by atoms with Crippen LogP contribution in [0.15, 0.2) is 29.2 Å². The molecule has 0 radical (unpaired) electrons. The lowest BCUT2D eigenvalue weighted by molar-refractivity contribution is 0.866. The van der Waals surface area contributed by atoms with Gasteiger partial charge in [0.25, 0.3) is 0 Å². The molecular formula is C10H11N3O. The maximum absolute atomic E-state index is 11.3. The van der Waals surface area contributed by atoms with Crippen molar-refractivity contribution in [3.05, 3.63) is 40.6 Å². The van der Waals surface area contributed by atoms with Gasteiger partial charge in [-0.05, 0) is 19.1 Å². The van der Waals surface area contributed by atoms with Gasteiger partial charge >= 0.3 is 5.69 Å². The smallest absolute Gasteiger partial charge is 0.309 e. The van der Waals surface area contributed by atoms with Gasteiger partial charge in [-0.1, -0.05) is 6.07 Å². The number of aromatic amines is 1. The zero-order valence-corrected chi connectivity index (χ0v) is 8.11. The lowest BCUT2D eigenvalue weighted by atomic mass is 10.2. The first-order valence-corrected chi connectivity index (χ1v) is 4.37. The highest BCUT2D eigenvalue weighted by molar-refractivity contribution is 5.57. The fourth-order valence-corrected chi connectivity index (χ4v) is 1.52. The van der Waals surface area contributed by atoms with E-state index in [1.54, 1.807) is 17.8 Å². The molecule has 0 spiro atoms. The Morgan fingerprint density at radius 2 is 2.21 bits per heavy atom. The first-order valence-electron chi connectivity index (χ1n) is 4.37. The summed E-state index contributed by atoms with van der Waals surface area (Å²) < 4.78 is 1.57. The Morgan fingerprint density at radius 3 is 2.71 bits per heavy atom. The minimum absolute atomic E-state index is 0.108. The van der Waals surface area contributed by atoms with Gasteiger partial charge in [0, 0.05) is 18.9 Å². The molecule has 4 heteroatoms. The number of pyridine rings is 1. The summed E-state index contributed by atoms with van der Waals surface area (Å²) in [6, 6.07) is 5.64. The first-order chi connectivity index (χ1) is 6.70. The van der Waals surface area contributed by atoms with Crippen LogP contribution >= 0.6 is 0 Å². The van der Waals surface area contributed by atoms with E-state index in [4.69, 9.17) is 0 Å². The van der Waals surface area contributed by atoms with Crippen molar-refractivity contribution in [2.75, 3.05) is 0 Å². The van der Waals surface area contributed by atoms with Crippen molar-refractivity contribution in [2.24, 2.45) is 7.05 Å². The van der Waals surface area contributed by atoms with Gasteiger partial charge in [0.2, 0.25) is 0 Å². The summed E-state index contributed by atoms with van der Waals surface area (Å²) in [6.45, 7) is 1.87. The van der Waals surface area contributed by atoms with Crippen molar-refractivity contribution >= 4 is 0 Å². The van der Waals surface area contributed by atoms with Gasteiger partial charge in [-0.15, -0.1) is 0 Å². The number of imidazole rings is 1. The van der Waals surface area contributed by atoms with Crippen LogP contribution in [0.3, 0.4) is 0 Å². The Hall–Kier alpha value is -1.84. The van der Waals surface area contributed by atoms with Gasteiger partial charge in [-0.3, -0.25) is 9.55 Å². The molecule has 0 saturated carbocycles. The van der Waals surface area contributed by atoms with Gasteiger partial charge in [-0.2, -0.15) is 0 Å². The lowest BCUT2D eigenvalue weighted by Gasteiger charge is -2.01. The predicted molar refractivity (Wildman–Crippen MR) is 54.0 cm³/mol. The van der Waals surface area contributed by atoms with Crippen LogP contribution in [-0.2, 0) is 7.05 Å². The Balaban J connectivity index is 2.69. The van der Waals surface area contributed by atoms with Crippen LogP contribution in [-0.4, -0.2) is 14.5 Å². The SMILES string of the molecule is Cc1[nH]c(=O)n(C)c1-c1ccccn1. The van der Waals surface area contributed by atoms with Crippen molar-refractivity contribution in [3.8, 4) is 11.4 Å². The molecule has 0 saturated heterocycles. The molecule has 2 heterocycles. The third kappa shape index (κ3) is 1.25. The second-order valence-electron chi connectivity index (χ2n) is 3.18. The standard InChI is InChI=1S/C10H11N3O/c1-7-9(13(2)10(14)12-7)8-5-3-4-6-11-8/h3-6H,1-2H3,(H,12,14). The van der Waals surface area contributed by atoms with Crippen molar-refractivity contribution < 1.29 is 0 Å². The summed E-state index contributed by atoms with van der Waals surface area (Å²) in [5.74, 6) is 0. The van der Waals surface area contributed by atoms with Crippen molar-refractivity contribution in [1.29, 1.82) is 0 Å². The van der Waals surface area contributed by atoms with E-state index < -0.39 is 0 Å². The summed E-state index contributed by atoms with van der Waals surface area (Å²) in [5, 5.41) is 0. The number of H-pyrrole nitrogens is 1. The summed E-state index contributed by atoms with van der Waals surface area (Å²) in [7, 11) is 1.73. The second kappa shape index (κ2) is 3.14. The summed E-state index contributed by atoms with van der Waals surface area (Å²) in [4.78, 5) is 18.3. The molecule has 4 nitrogen and oxygen atoms in total. The molecule has 0 aliphatic carbocycles. The van der Waals surface area contributed by atoms with Crippen LogP contribution in [0.25, 0.3) is 11.4 Å². The average Bonchev–Trinajstić information content (AvgIpc) is 2.43. The Bertz CT molecular complexity index is 496. The van der Waals surface area contributed by atoms with E-state index in [1.807, 2.05) is 25.1 Å². The Labute approximate surface area is 81.2 Å². The molecule has 0 aliphatic heterocycles. The first kappa shape index (κ1) is 8.74. The van der Waals surface area contributed by atoms with Gasteiger partial charge < -0.3 is 4.98 Å². The molecule has 72 valence electrons. The number of nitrogens with one attached hydrogen (secondary N) is 1. The molecule has 0 unspecified atom stereocenters. The number of aromatic nitrogens is 3.